The van der Waals surface area contributed by atoms with Gasteiger partial charge >= 0.3 is 5.97 Å². The summed E-state index contributed by atoms with van der Waals surface area (Å²) in [6.07, 6.45) is 0.410. The van der Waals surface area contributed by atoms with E-state index in [1.807, 2.05) is 0 Å². The number of carbonyl (C=O) groups is 1. The molecule has 0 atom stereocenters. The molecule has 0 aliphatic carbocycles. The molecule has 0 spiro atoms. The molecule has 0 saturated heterocycles. The summed E-state index contributed by atoms with van der Waals surface area (Å²) in [5, 5.41) is 8.97. The highest BCUT2D eigenvalue weighted by molar-refractivity contribution is 7.89. The Morgan fingerprint density at radius 1 is 1.42 bits per heavy atom. The Balaban J connectivity index is 3.04. The number of carboxylic acid groups (broad SMARTS) is 1. The smallest absolute Gasteiger partial charge is 0.335 e. The van der Waals surface area contributed by atoms with Crippen molar-refractivity contribution in [3.05, 3.63) is 29.3 Å². The molecule has 19 heavy (non-hydrogen) atoms. The molecule has 1 rings (SSSR count). The number of benzene rings is 1. The van der Waals surface area contributed by atoms with Gasteiger partial charge in [-0.25, -0.2) is 17.9 Å². The lowest BCUT2D eigenvalue weighted by atomic mass is 10.1. The lowest BCUT2D eigenvalue weighted by Crippen LogP contribution is -2.25. The van der Waals surface area contributed by atoms with E-state index in [1.165, 1.54) is 25.1 Å². The van der Waals surface area contributed by atoms with Crippen molar-refractivity contribution >= 4 is 16.0 Å². The number of hydrogen-bond acceptors (Lipinski definition) is 3. The number of carboxylic acids is 1. The molecule has 0 fully saturated rings. The lowest BCUT2D eigenvalue weighted by molar-refractivity contribution is 0.0696. The van der Waals surface area contributed by atoms with Crippen LogP contribution in [0.25, 0.3) is 0 Å². The molecule has 0 heterocycles. The van der Waals surface area contributed by atoms with Crippen molar-refractivity contribution in [1.82, 2.24) is 4.72 Å². The first kappa shape index (κ1) is 15.2. The Kier molecular flexibility index (Phi) is 5.10. The summed E-state index contributed by atoms with van der Waals surface area (Å²) in [4.78, 5) is 10.9. The topological polar surface area (TPSA) is 83.5 Å². The summed E-state index contributed by atoms with van der Waals surface area (Å²) in [5.74, 6) is 4.27. The molecule has 0 radical (unpaired) electrons. The first-order valence-electron chi connectivity index (χ1n) is 5.62. The highest BCUT2D eigenvalue weighted by Crippen LogP contribution is 2.18. The number of aromatic carboxylic acids is 1. The van der Waals surface area contributed by atoms with Gasteiger partial charge in [-0.1, -0.05) is 6.07 Å². The van der Waals surface area contributed by atoms with Gasteiger partial charge in [0.1, 0.15) is 0 Å². The minimum absolute atomic E-state index is 0.0168. The number of hydrogen-bond donors (Lipinski definition) is 2. The third kappa shape index (κ3) is 3.81. The maximum absolute atomic E-state index is 12.0. The van der Waals surface area contributed by atoms with Crippen molar-refractivity contribution in [2.45, 2.75) is 25.2 Å². The van der Waals surface area contributed by atoms with Gasteiger partial charge in [0.25, 0.3) is 0 Å². The minimum Gasteiger partial charge on any atom is -0.478 e. The van der Waals surface area contributed by atoms with E-state index in [9.17, 15) is 13.2 Å². The maximum atomic E-state index is 12.0. The quantitative estimate of drug-likeness (QED) is 0.631. The second-order valence-corrected chi connectivity index (χ2v) is 5.54. The predicted octanol–water partition coefficient (Wildman–Crippen LogP) is 1.38. The zero-order valence-corrected chi connectivity index (χ0v) is 11.5. The molecule has 2 N–H and O–H groups in total. The SMILES string of the molecule is CC#CCCNS(=O)(=O)c1cccc(C(=O)O)c1C. The van der Waals surface area contributed by atoms with Gasteiger partial charge in [0.2, 0.25) is 10.0 Å². The summed E-state index contributed by atoms with van der Waals surface area (Å²) in [5.41, 5.74) is 0.209. The average molecular weight is 281 g/mol. The van der Waals surface area contributed by atoms with Crippen molar-refractivity contribution < 1.29 is 18.3 Å². The molecule has 0 unspecified atom stereocenters. The summed E-state index contributed by atoms with van der Waals surface area (Å²) in [6.45, 7) is 3.35. The molecule has 1 aromatic rings. The van der Waals surface area contributed by atoms with Gasteiger partial charge in [0.05, 0.1) is 10.5 Å². The average Bonchev–Trinajstić information content (AvgIpc) is 2.34. The zero-order valence-electron chi connectivity index (χ0n) is 10.7. The van der Waals surface area contributed by atoms with Crippen molar-refractivity contribution in [2.75, 3.05) is 6.54 Å². The molecule has 102 valence electrons. The molecule has 0 saturated carbocycles. The van der Waals surface area contributed by atoms with Crippen LogP contribution in [0.5, 0.6) is 0 Å². The van der Waals surface area contributed by atoms with E-state index in [2.05, 4.69) is 16.6 Å². The van der Waals surface area contributed by atoms with Crippen molar-refractivity contribution in [1.29, 1.82) is 0 Å². The third-order valence-corrected chi connectivity index (χ3v) is 4.13. The van der Waals surface area contributed by atoms with E-state index in [0.717, 1.165) is 0 Å². The summed E-state index contributed by atoms with van der Waals surface area (Å²) in [6, 6.07) is 4.17. The van der Waals surface area contributed by atoms with Crippen molar-refractivity contribution in [3.63, 3.8) is 0 Å². The van der Waals surface area contributed by atoms with Crippen molar-refractivity contribution in [3.8, 4) is 11.8 Å². The van der Waals surface area contributed by atoms with Crippen molar-refractivity contribution in [2.24, 2.45) is 0 Å². The van der Waals surface area contributed by atoms with Gasteiger partial charge < -0.3 is 5.11 Å². The van der Waals surface area contributed by atoms with Crippen LogP contribution in [0, 0.1) is 18.8 Å². The molecule has 0 aliphatic heterocycles. The Labute approximate surface area is 112 Å². The van der Waals surface area contributed by atoms with Gasteiger partial charge in [-0.05, 0) is 31.5 Å². The Morgan fingerprint density at radius 3 is 2.68 bits per heavy atom. The van der Waals surface area contributed by atoms with Crippen LogP contribution < -0.4 is 4.72 Å². The van der Waals surface area contributed by atoms with Crippen LogP contribution in [0.2, 0.25) is 0 Å². The van der Waals surface area contributed by atoms with E-state index >= 15 is 0 Å². The molecular weight excluding hydrogens is 266 g/mol. The summed E-state index contributed by atoms with van der Waals surface area (Å²) >= 11 is 0. The van der Waals surface area contributed by atoms with Gasteiger partial charge in [0.15, 0.2) is 0 Å². The molecule has 6 heteroatoms. The number of rotatable bonds is 5. The molecule has 0 amide bonds. The Hall–Kier alpha value is -1.84. The predicted molar refractivity (Wildman–Crippen MR) is 71.4 cm³/mol. The van der Waals surface area contributed by atoms with Crippen LogP contribution in [-0.4, -0.2) is 26.0 Å². The molecular formula is C13H15NO4S. The summed E-state index contributed by atoms with van der Waals surface area (Å²) < 4.78 is 26.5. The second-order valence-electron chi connectivity index (χ2n) is 3.81. The summed E-state index contributed by atoms with van der Waals surface area (Å²) in [7, 11) is -3.71. The monoisotopic (exact) mass is 281 g/mol. The van der Waals surface area contributed by atoms with E-state index in [4.69, 9.17) is 5.11 Å². The molecule has 0 aromatic heterocycles. The van der Waals surface area contributed by atoms with Gasteiger partial charge in [-0.3, -0.25) is 0 Å². The number of sulfonamides is 1. The first-order chi connectivity index (χ1) is 8.90. The largest absolute Gasteiger partial charge is 0.478 e. The first-order valence-corrected chi connectivity index (χ1v) is 7.10. The van der Waals surface area contributed by atoms with Gasteiger partial charge in [-0.2, -0.15) is 0 Å². The van der Waals surface area contributed by atoms with Crippen LogP contribution in [0.4, 0.5) is 0 Å². The standard InChI is InChI=1S/C13H15NO4S/c1-3-4-5-9-14-19(17,18)12-8-6-7-11(10(12)2)13(15)16/h6-8,14H,5,9H2,1-2H3,(H,15,16). The molecule has 1 aromatic carbocycles. The molecule has 0 aliphatic rings. The van der Waals surface area contributed by atoms with E-state index in [-0.39, 0.29) is 22.6 Å². The van der Waals surface area contributed by atoms with Gasteiger partial charge in [-0.15, -0.1) is 11.8 Å². The van der Waals surface area contributed by atoms with Crippen LogP contribution in [0.15, 0.2) is 23.1 Å². The minimum atomic E-state index is -3.71. The fourth-order valence-corrected chi connectivity index (χ4v) is 2.88. The lowest BCUT2D eigenvalue weighted by Gasteiger charge is -2.10. The fraction of sp³-hybridized carbons (Fsp3) is 0.308. The van der Waals surface area contributed by atoms with E-state index < -0.39 is 16.0 Å². The second kappa shape index (κ2) is 6.36. The Bertz CT molecular complexity index is 638. The van der Waals surface area contributed by atoms with Gasteiger partial charge in [0, 0.05) is 13.0 Å². The third-order valence-electron chi connectivity index (χ3n) is 2.52. The highest BCUT2D eigenvalue weighted by atomic mass is 32.2. The van der Waals surface area contributed by atoms with Crippen LogP contribution in [-0.2, 0) is 10.0 Å². The van der Waals surface area contributed by atoms with Crippen LogP contribution >= 0.6 is 0 Å². The number of nitrogens with one attached hydrogen (secondary N) is 1. The zero-order chi connectivity index (χ0) is 14.5. The van der Waals surface area contributed by atoms with Crippen LogP contribution in [0.3, 0.4) is 0 Å². The maximum Gasteiger partial charge on any atom is 0.335 e. The highest BCUT2D eigenvalue weighted by Gasteiger charge is 2.19. The molecule has 0 bridgehead atoms. The normalized spacial score (nSPS) is 10.6. The van der Waals surface area contributed by atoms with E-state index in [0.29, 0.717) is 6.42 Å². The molecule has 5 nitrogen and oxygen atoms in total. The van der Waals surface area contributed by atoms with Crippen LogP contribution in [0.1, 0.15) is 29.3 Å². The Morgan fingerprint density at radius 2 is 2.11 bits per heavy atom. The van der Waals surface area contributed by atoms with E-state index in [1.54, 1.807) is 6.92 Å². The fourth-order valence-electron chi connectivity index (χ4n) is 1.59.